The Morgan fingerprint density at radius 3 is 2.48 bits per heavy atom. The highest BCUT2D eigenvalue weighted by molar-refractivity contribution is 6.31. The van der Waals surface area contributed by atoms with Gasteiger partial charge in [0.05, 0.1) is 5.52 Å². The Morgan fingerprint density at radius 1 is 1.11 bits per heavy atom. The summed E-state index contributed by atoms with van der Waals surface area (Å²) in [6, 6.07) is 14.1. The van der Waals surface area contributed by atoms with Gasteiger partial charge in [0.25, 0.3) is 5.91 Å². The molecule has 1 fully saturated rings. The van der Waals surface area contributed by atoms with E-state index in [0.29, 0.717) is 16.6 Å². The molecule has 0 atom stereocenters. The molecule has 0 unspecified atom stereocenters. The number of halogens is 2. The van der Waals surface area contributed by atoms with Crippen LogP contribution in [-0.2, 0) is 6.42 Å². The average Bonchev–Trinajstić information content (AvgIpc) is 3.03. The number of nitrogens with zero attached hydrogens (tertiary/aromatic N) is 2. The Bertz CT molecular complexity index is 975. The number of benzene rings is 2. The molecule has 27 heavy (non-hydrogen) atoms. The molecule has 140 valence electrons. The highest BCUT2D eigenvalue weighted by atomic mass is 35.5. The van der Waals surface area contributed by atoms with Crippen LogP contribution in [0.15, 0.2) is 48.5 Å². The lowest BCUT2D eigenvalue weighted by Gasteiger charge is -2.35. The van der Waals surface area contributed by atoms with Crippen LogP contribution in [0.4, 0.5) is 4.39 Å². The first-order valence-corrected chi connectivity index (χ1v) is 9.49. The highest BCUT2D eigenvalue weighted by Crippen LogP contribution is 2.27. The molecule has 1 saturated heterocycles. The second-order valence-electron chi connectivity index (χ2n) is 7.14. The molecule has 0 saturated carbocycles. The minimum absolute atomic E-state index is 0.203. The van der Waals surface area contributed by atoms with Crippen LogP contribution in [0.5, 0.6) is 0 Å². The topological polar surface area (TPSA) is 51.3 Å². The number of primary amides is 1. The third-order valence-electron chi connectivity index (χ3n) is 5.30. The van der Waals surface area contributed by atoms with E-state index >= 15 is 0 Å². The summed E-state index contributed by atoms with van der Waals surface area (Å²) in [6.45, 7) is 1.64. The van der Waals surface area contributed by atoms with Gasteiger partial charge in [-0.2, -0.15) is 0 Å². The fraction of sp³-hybridized carbons (Fsp3) is 0.286. The van der Waals surface area contributed by atoms with Crippen molar-refractivity contribution < 1.29 is 9.18 Å². The van der Waals surface area contributed by atoms with Gasteiger partial charge in [-0.05, 0) is 61.1 Å². The van der Waals surface area contributed by atoms with Gasteiger partial charge in [-0.15, -0.1) is 0 Å². The second kappa shape index (κ2) is 7.24. The van der Waals surface area contributed by atoms with Crippen LogP contribution >= 0.6 is 11.6 Å². The van der Waals surface area contributed by atoms with E-state index in [1.54, 1.807) is 0 Å². The molecule has 1 aliphatic heterocycles. The van der Waals surface area contributed by atoms with Crippen molar-refractivity contribution in [1.29, 1.82) is 0 Å². The van der Waals surface area contributed by atoms with Crippen molar-refractivity contribution in [2.75, 3.05) is 18.1 Å². The summed E-state index contributed by atoms with van der Waals surface area (Å²) in [5.74, 6) is -0.115. The summed E-state index contributed by atoms with van der Waals surface area (Å²) in [6.07, 6.45) is 2.93. The first-order chi connectivity index (χ1) is 13.0. The Labute approximate surface area is 162 Å². The molecule has 1 amide bonds. The van der Waals surface area contributed by atoms with Crippen molar-refractivity contribution in [2.24, 2.45) is 11.7 Å². The summed E-state index contributed by atoms with van der Waals surface area (Å²) in [4.78, 5) is 12.0. The number of rotatable bonds is 4. The van der Waals surface area contributed by atoms with Crippen molar-refractivity contribution >= 4 is 28.4 Å². The monoisotopic (exact) mass is 385 g/mol. The number of amides is 1. The molecule has 2 aromatic carbocycles. The summed E-state index contributed by atoms with van der Waals surface area (Å²) < 4.78 is 15.0. The van der Waals surface area contributed by atoms with Gasteiger partial charge in [-0.1, -0.05) is 29.8 Å². The number of nitrogens with two attached hydrogens (primary N) is 1. The van der Waals surface area contributed by atoms with Crippen molar-refractivity contribution in [3.63, 3.8) is 0 Å². The van der Waals surface area contributed by atoms with E-state index in [-0.39, 0.29) is 5.82 Å². The van der Waals surface area contributed by atoms with Crippen molar-refractivity contribution in [1.82, 2.24) is 4.68 Å². The summed E-state index contributed by atoms with van der Waals surface area (Å²) >= 11 is 6.17. The molecule has 3 aromatic rings. The Morgan fingerprint density at radius 2 is 1.81 bits per heavy atom. The molecule has 0 bridgehead atoms. The minimum Gasteiger partial charge on any atom is -0.364 e. The van der Waals surface area contributed by atoms with E-state index in [0.717, 1.165) is 48.8 Å². The van der Waals surface area contributed by atoms with E-state index in [1.807, 2.05) is 41.1 Å². The van der Waals surface area contributed by atoms with Crippen LogP contribution in [0.2, 0.25) is 5.02 Å². The fourth-order valence-corrected chi connectivity index (χ4v) is 4.08. The number of hydrogen-bond donors (Lipinski definition) is 1. The van der Waals surface area contributed by atoms with Gasteiger partial charge in [0, 0.05) is 23.5 Å². The van der Waals surface area contributed by atoms with Crippen LogP contribution in [-0.4, -0.2) is 23.7 Å². The molecule has 4 rings (SSSR count). The maximum Gasteiger partial charge on any atom is 0.267 e. The van der Waals surface area contributed by atoms with Crippen LogP contribution in [0.25, 0.3) is 10.9 Å². The fourth-order valence-electron chi connectivity index (χ4n) is 3.92. The van der Waals surface area contributed by atoms with Gasteiger partial charge >= 0.3 is 0 Å². The minimum atomic E-state index is -0.448. The SMILES string of the molecule is NC(=O)c1cc2ccc(Cl)cc2n1N1CCC(Cc2ccc(F)cc2)CC1. The molecule has 0 aliphatic carbocycles. The lowest BCUT2D eigenvalue weighted by atomic mass is 9.91. The lowest BCUT2D eigenvalue weighted by molar-refractivity contribution is 0.0991. The van der Waals surface area contributed by atoms with Crippen LogP contribution in [0, 0.1) is 11.7 Å². The quantitative estimate of drug-likeness (QED) is 0.734. The predicted octanol–water partition coefficient (Wildman–Crippen LogP) is 4.12. The molecule has 0 spiro atoms. The van der Waals surface area contributed by atoms with Gasteiger partial charge in [-0.3, -0.25) is 9.47 Å². The van der Waals surface area contributed by atoms with Crippen LogP contribution in [0.3, 0.4) is 0 Å². The number of hydrogen-bond acceptors (Lipinski definition) is 2. The first-order valence-electron chi connectivity index (χ1n) is 9.12. The standard InChI is InChI=1S/C21H21ClFN3O/c22-17-4-3-16-12-20(21(24)27)26(19(16)13-17)25-9-7-15(8-10-25)11-14-1-5-18(23)6-2-14/h1-6,12-13,15H,7-11H2,(H2,24,27). The Hall–Kier alpha value is -2.53. The normalized spacial score (nSPS) is 15.4. The van der Waals surface area contributed by atoms with Crippen molar-refractivity contribution in [2.45, 2.75) is 19.3 Å². The molecule has 4 nitrogen and oxygen atoms in total. The molecule has 2 N–H and O–H groups in total. The maximum absolute atomic E-state index is 13.1. The van der Waals surface area contributed by atoms with E-state index in [1.165, 1.54) is 12.1 Å². The third-order valence-corrected chi connectivity index (χ3v) is 5.54. The van der Waals surface area contributed by atoms with Gasteiger partial charge in [0.1, 0.15) is 11.5 Å². The number of fused-ring (bicyclic) bond motifs is 1. The Balaban J connectivity index is 1.54. The highest BCUT2D eigenvalue weighted by Gasteiger charge is 2.24. The van der Waals surface area contributed by atoms with Crippen LogP contribution in [0.1, 0.15) is 28.9 Å². The number of carbonyl (C=O) groups excluding carboxylic acids is 1. The molecule has 6 heteroatoms. The largest absolute Gasteiger partial charge is 0.364 e. The molecule has 1 aliphatic rings. The van der Waals surface area contributed by atoms with E-state index < -0.39 is 5.91 Å². The zero-order chi connectivity index (χ0) is 19.0. The van der Waals surface area contributed by atoms with Gasteiger partial charge in [0.15, 0.2) is 0 Å². The van der Waals surface area contributed by atoms with Gasteiger partial charge in [-0.25, -0.2) is 4.39 Å². The molecule has 2 heterocycles. The molecule has 1 aromatic heterocycles. The second-order valence-corrected chi connectivity index (χ2v) is 7.57. The molecular formula is C21H21ClFN3O. The third kappa shape index (κ3) is 3.65. The number of piperidine rings is 1. The molecular weight excluding hydrogens is 365 g/mol. The van der Waals surface area contributed by atoms with E-state index in [2.05, 4.69) is 5.01 Å². The smallest absolute Gasteiger partial charge is 0.267 e. The zero-order valence-corrected chi connectivity index (χ0v) is 15.6. The van der Waals surface area contributed by atoms with E-state index in [4.69, 9.17) is 17.3 Å². The maximum atomic E-state index is 13.1. The summed E-state index contributed by atoms with van der Waals surface area (Å²) in [5, 5.41) is 3.74. The molecule has 0 radical (unpaired) electrons. The van der Waals surface area contributed by atoms with Gasteiger partial charge < -0.3 is 10.7 Å². The number of aromatic nitrogens is 1. The predicted molar refractivity (Wildman–Crippen MR) is 106 cm³/mol. The average molecular weight is 386 g/mol. The summed E-state index contributed by atoms with van der Waals surface area (Å²) in [7, 11) is 0. The van der Waals surface area contributed by atoms with Crippen LogP contribution < -0.4 is 10.7 Å². The van der Waals surface area contributed by atoms with E-state index in [9.17, 15) is 9.18 Å². The van der Waals surface area contributed by atoms with Gasteiger partial charge in [0.2, 0.25) is 0 Å². The summed E-state index contributed by atoms with van der Waals surface area (Å²) in [5.41, 5.74) is 8.15. The number of carbonyl (C=O) groups is 1. The Kier molecular flexibility index (Phi) is 4.79. The van der Waals surface area contributed by atoms with Crippen molar-refractivity contribution in [3.8, 4) is 0 Å². The first kappa shape index (κ1) is 17.9. The van der Waals surface area contributed by atoms with Crippen molar-refractivity contribution in [3.05, 3.63) is 70.6 Å². The zero-order valence-electron chi connectivity index (χ0n) is 14.9. The lowest BCUT2D eigenvalue weighted by Crippen LogP contribution is -2.43.